The highest BCUT2D eigenvalue weighted by atomic mass is 15.2. The SMILES string of the molecule is NC1CCCC1CCN1CCC(CN2CCCC2)CC1. The molecule has 3 rings (SSSR count). The van der Waals surface area contributed by atoms with E-state index in [4.69, 9.17) is 5.73 Å². The first-order valence-corrected chi connectivity index (χ1v) is 9.01. The second kappa shape index (κ2) is 7.24. The molecule has 0 radical (unpaired) electrons. The standard InChI is InChI=1S/C17H33N3/c18-17-5-3-4-16(17)8-13-19-11-6-15(7-12-19)14-20-9-1-2-10-20/h15-17H,1-14,18H2. The zero-order valence-corrected chi connectivity index (χ0v) is 13.1. The molecule has 0 spiro atoms. The molecule has 2 atom stereocenters. The lowest BCUT2D eigenvalue weighted by Crippen LogP contribution is -2.39. The monoisotopic (exact) mass is 279 g/mol. The summed E-state index contributed by atoms with van der Waals surface area (Å²) in [4.78, 5) is 5.39. The molecule has 2 heterocycles. The summed E-state index contributed by atoms with van der Waals surface area (Å²) in [6.07, 6.45) is 11.1. The van der Waals surface area contributed by atoms with Crippen molar-refractivity contribution in [3.8, 4) is 0 Å². The molecule has 20 heavy (non-hydrogen) atoms. The maximum atomic E-state index is 6.18. The number of hydrogen-bond donors (Lipinski definition) is 1. The third kappa shape index (κ3) is 3.96. The van der Waals surface area contributed by atoms with E-state index in [2.05, 4.69) is 9.80 Å². The van der Waals surface area contributed by atoms with Crippen LogP contribution in [0.5, 0.6) is 0 Å². The summed E-state index contributed by atoms with van der Waals surface area (Å²) < 4.78 is 0. The Morgan fingerprint density at radius 3 is 2.20 bits per heavy atom. The van der Waals surface area contributed by atoms with Gasteiger partial charge < -0.3 is 15.5 Å². The predicted molar refractivity (Wildman–Crippen MR) is 84.8 cm³/mol. The Balaban J connectivity index is 1.31. The fourth-order valence-corrected chi connectivity index (χ4v) is 4.50. The van der Waals surface area contributed by atoms with Gasteiger partial charge in [-0.05, 0) is 89.5 Å². The third-order valence-electron chi connectivity index (χ3n) is 5.96. The van der Waals surface area contributed by atoms with Crippen LogP contribution in [0.15, 0.2) is 0 Å². The molecular formula is C17H33N3. The lowest BCUT2D eigenvalue weighted by Gasteiger charge is -2.34. The second-order valence-electron chi connectivity index (χ2n) is 7.44. The lowest BCUT2D eigenvalue weighted by molar-refractivity contribution is 0.146. The first-order valence-electron chi connectivity index (χ1n) is 9.01. The van der Waals surface area contributed by atoms with E-state index >= 15 is 0 Å². The molecule has 3 aliphatic rings. The van der Waals surface area contributed by atoms with Crippen LogP contribution in [0.4, 0.5) is 0 Å². The minimum Gasteiger partial charge on any atom is -0.327 e. The van der Waals surface area contributed by atoms with Gasteiger partial charge in [0.25, 0.3) is 0 Å². The van der Waals surface area contributed by atoms with Gasteiger partial charge in [-0.15, -0.1) is 0 Å². The number of likely N-dealkylation sites (tertiary alicyclic amines) is 2. The van der Waals surface area contributed by atoms with Crippen molar-refractivity contribution in [1.82, 2.24) is 9.80 Å². The van der Waals surface area contributed by atoms with Gasteiger partial charge in [0.05, 0.1) is 0 Å². The minimum absolute atomic E-state index is 0.503. The molecule has 3 nitrogen and oxygen atoms in total. The Kier molecular flexibility index (Phi) is 5.36. The maximum absolute atomic E-state index is 6.18. The van der Waals surface area contributed by atoms with Crippen molar-refractivity contribution in [2.75, 3.05) is 39.3 Å². The highest BCUT2D eigenvalue weighted by molar-refractivity contribution is 4.82. The van der Waals surface area contributed by atoms with Gasteiger partial charge in [0.1, 0.15) is 0 Å². The van der Waals surface area contributed by atoms with E-state index in [0.29, 0.717) is 6.04 Å². The first kappa shape index (κ1) is 14.8. The predicted octanol–water partition coefficient (Wildman–Crippen LogP) is 2.31. The van der Waals surface area contributed by atoms with Crippen molar-refractivity contribution in [1.29, 1.82) is 0 Å². The maximum Gasteiger partial charge on any atom is 0.00676 e. The Morgan fingerprint density at radius 1 is 0.800 bits per heavy atom. The number of nitrogens with two attached hydrogens (primary N) is 1. The quantitative estimate of drug-likeness (QED) is 0.838. The van der Waals surface area contributed by atoms with Crippen LogP contribution in [0.2, 0.25) is 0 Å². The Hall–Kier alpha value is -0.120. The Morgan fingerprint density at radius 2 is 1.55 bits per heavy atom. The Labute approximate surface area is 124 Å². The summed E-state index contributed by atoms with van der Waals surface area (Å²) in [5, 5.41) is 0. The van der Waals surface area contributed by atoms with Crippen LogP contribution in [0.25, 0.3) is 0 Å². The average molecular weight is 279 g/mol. The number of nitrogens with zero attached hydrogens (tertiary/aromatic N) is 2. The third-order valence-corrected chi connectivity index (χ3v) is 5.96. The van der Waals surface area contributed by atoms with Crippen molar-refractivity contribution >= 4 is 0 Å². The largest absolute Gasteiger partial charge is 0.327 e. The van der Waals surface area contributed by atoms with E-state index in [9.17, 15) is 0 Å². The molecule has 2 N–H and O–H groups in total. The van der Waals surface area contributed by atoms with Crippen molar-refractivity contribution < 1.29 is 0 Å². The van der Waals surface area contributed by atoms with Crippen LogP contribution < -0.4 is 5.73 Å². The van der Waals surface area contributed by atoms with E-state index in [-0.39, 0.29) is 0 Å². The smallest absolute Gasteiger partial charge is 0.00676 e. The molecule has 3 heteroatoms. The van der Waals surface area contributed by atoms with Gasteiger partial charge in [-0.3, -0.25) is 0 Å². The summed E-state index contributed by atoms with van der Waals surface area (Å²) >= 11 is 0. The summed E-state index contributed by atoms with van der Waals surface area (Å²) in [6.45, 7) is 8.07. The summed E-state index contributed by atoms with van der Waals surface area (Å²) in [6, 6.07) is 0.503. The van der Waals surface area contributed by atoms with Crippen LogP contribution >= 0.6 is 0 Å². The molecule has 1 saturated carbocycles. The van der Waals surface area contributed by atoms with Gasteiger partial charge in [0.2, 0.25) is 0 Å². The molecule has 1 aliphatic carbocycles. The van der Waals surface area contributed by atoms with E-state index in [0.717, 1.165) is 11.8 Å². The number of hydrogen-bond acceptors (Lipinski definition) is 3. The van der Waals surface area contributed by atoms with Gasteiger partial charge in [-0.2, -0.15) is 0 Å². The minimum atomic E-state index is 0.503. The molecule has 0 aromatic carbocycles. The molecule has 2 saturated heterocycles. The highest BCUT2D eigenvalue weighted by Gasteiger charge is 2.26. The molecule has 0 amide bonds. The summed E-state index contributed by atoms with van der Waals surface area (Å²) in [7, 11) is 0. The molecular weight excluding hydrogens is 246 g/mol. The number of rotatable bonds is 5. The summed E-state index contributed by atoms with van der Waals surface area (Å²) in [5.41, 5.74) is 6.18. The zero-order valence-electron chi connectivity index (χ0n) is 13.1. The number of piperidine rings is 1. The van der Waals surface area contributed by atoms with Gasteiger partial charge in [0.15, 0.2) is 0 Å². The van der Waals surface area contributed by atoms with Gasteiger partial charge in [-0.25, -0.2) is 0 Å². The molecule has 0 bridgehead atoms. The molecule has 0 aromatic heterocycles. The fourth-order valence-electron chi connectivity index (χ4n) is 4.50. The van der Waals surface area contributed by atoms with Gasteiger partial charge in [-0.1, -0.05) is 6.42 Å². The molecule has 116 valence electrons. The normalized spacial score (nSPS) is 34.0. The molecule has 3 fully saturated rings. The van der Waals surface area contributed by atoms with Crippen molar-refractivity contribution in [2.24, 2.45) is 17.6 Å². The summed E-state index contributed by atoms with van der Waals surface area (Å²) in [5.74, 6) is 1.79. The van der Waals surface area contributed by atoms with E-state index in [1.54, 1.807) is 0 Å². The molecule has 2 unspecified atom stereocenters. The molecule has 2 aliphatic heterocycles. The highest BCUT2D eigenvalue weighted by Crippen LogP contribution is 2.28. The van der Waals surface area contributed by atoms with Gasteiger partial charge in [0, 0.05) is 12.6 Å². The van der Waals surface area contributed by atoms with Crippen LogP contribution in [0, 0.1) is 11.8 Å². The van der Waals surface area contributed by atoms with Crippen LogP contribution in [-0.4, -0.2) is 55.1 Å². The fraction of sp³-hybridized carbons (Fsp3) is 1.00. The van der Waals surface area contributed by atoms with E-state index in [1.807, 2.05) is 0 Å². The lowest BCUT2D eigenvalue weighted by atomic mass is 9.95. The van der Waals surface area contributed by atoms with E-state index in [1.165, 1.54) is 90.6 Å². The average Bonchev–Trinajstić information content (AvgIpc) is 3.10. The molecule has 0 aromatic rings. The van der Waals surface area contributed by atoms with Crippen molar-refractivity contribution in [3.63, 3.8) is 0 Å². The van der Waals surface area contributed by atoms with E-state index < -0.39 is 0 Å². The first-order chi connectivity index (χ1) is 9.81. The van der Waals surface area contributed by atoms with Crippen molar-refractivity contribution in [3.05, 3.63) is 0 Å². The topological polar surface area (TPSA) is 32.5 Å². The van der Waals surface area contributed by atoms with Crippen LogP contribution in [0.3, 0.4) is 0 Å². The van der Waals surface area contributed by atoms with Gasteiger partial charge >= 0.3 is 0 Å². The second-order valence-corrected chi connectivity index (χ2v) is 7.44. The zero-order chi connectivity index (χ0) is 13.8. The van der Waals surface area contributed by atoms with Crippen molar-refractivity contribution in [2.45, 2.75) is 57.4 Å². The van der Waals surface area contributed by atoms with Crippen LogP contribution in [-0.2, 0) is 0 Å². The van der Waals surface area contributed by atoms with Crippen LogP contribution in [0.1, 0.15) is 51.4 Å². The Bertz CT molecular complexity index is 280.